The highest BCUT2D eigenvalue weighted by molar-refractivity contribution is 5.93. The van der Waals surface area contributed by atoms with Crippen LogP contribution >= 0.6 is 0 Å². The van der Waals surface area contributed by atoms with Crippen LogP contribution in [-0.4, -0.2) is 78.1 Å². The summed E-state index contributed by atoms with van der Waals surface area (Å²) in [6.45, 7) is 5.26. The van der Waals surface area contributed by atoms with Gasteiger partial charge in [-0.3, -0.25) is 19.2 Å². The number of nitrogens with zero attached hydrogens (tertiary/aromatic N) is 1. The number of methoxy groups -OCH3 is 1. The molecule has 1 saturated heterocycles. The number of rotatable bonds is 9. The van der Waals surface area contributed by atoms with Gasteiger partial charge in [-0.2, -0.15) is 0 Å². The first-order chi connectivity index (χ1) is 18.4. The Labute approximate surface area is 230 Å². The third-order valence-electron chi connectivity index (χ3n) is 8.58. The predicted molar refractivity (Wildman–Crippen MR) is 141 cm³/mol. The first-order valence-electron chi connectivity index (χ1n) is 14.3. The smallest absolute Gasteiger partial charge is 0.408 e. The van der Waals surface area contributed by atoms with Gasteiger partial charge in [-0.1, -0.05) is 0 Å². The molecule has 2 atom stereocenters. The Hall–Kier alpha value is -2.85. The summed E-state index contributed by atoms with van der Waals surface area (Å²) in [4.78, 5) is 65.1. The van der Waals surface area contributed by atoms with Crippen LogP contribution in [0.2, 0.25) is 0 Å². The molecule has 0 radical (unpaired) electrons. The highest BCUT2D eigenvalue weighted by Crippen LogP contribution is 2.55. The maximum absolute atomic E-state index is 13.6. The molecule has 4 bridgehead atoms. The van der Waals surface area contributed by atoms with Gasteiger partial charge in [-0.05, 0) is 96.3 Å². The molecule has 3 N–H and O–H groups in total. The predicted octanol–water partition coefficient (Wildman–Crippen LogP) is 2.03. The van der Waals surface area contributed by atoms with E-state index in [0.717, 1.165) is 19.3 Å². The normalized spacial score (nSPS) is 29.9. The zero-order valence-corrected chi connectivity index (χ0v) is 23.7. The summed E-state index contributed by atoms with van der Waals surface area (Å²) in [6, 6.07) is -1.67. The van der Waals surface area contributed by atoms with E-state index in [0.29, 0.717) is 37.1 Å². The van der Waals surface area contributed by atoms with E-state index in [9.17, 15) is 24.0 Å². The molecule has 1 aliphatic heterocycles. The number of amides is 4. The third-order valence-corrected chi connectivity index (χ3v) is 8.58. The second-order valence-corrected chi connectivity index (χ2v) is 13.0. The monoisotopic (exact) mass is 548 g/mol. The SMILES string of the molecule is COC(=O)CC[C@H](NC(=O)[C@@H]1CCCN1C(=O)CNC(=O)OC(C)(C)C)C(=O)NC12CC3CC(CC(C3)C1)C2. The lowest BCUT2D eigenvalue weighted by atomic mass is 9.53. The second kappa shape index (κ2) is 11.7. The van der Waals surface area contributed by atoms with Gasteiger partial charge in [0.15, 0.2) is 0 Å². The standard InChI is InChI=1S/C28H44N4O7/c1-27(2,3)39-26(37)29-16-22(33)32-9-5-6-21(32)25(36)30-20(7-8-23(34)38-4)24(35)31-28-13-17-10-18(14-28)12-19(11-17)15-28/h17-21H,5-16H2,1-4H3,(H,29,37)(H,30,36)(H,31,35)/t17?,18?,19?,20-,21-,28?/m0/s1. The molecule has 218 valence electrons. The lowest BCUT2D eigenvalue weighted by Gasteiger charge is -2.57. The fourth-order valence-electron chi connectivity index (χ4n) is 7.41. The Morgan fingerprint density at radius 2 is 1.62 bits per heavy atom. The quantitative estimate of drug-likeness (QED) is 0.374. The van der Waals surface area contributed by atoms with Crippen molar-refractivity contribution >= 4 is 29.8 Å². The van der Waals surface area contributed by atoms with E-state index >= 15 is 0 Å². The molecule has 1 heterocycles. The van der Waals surface area contributed by atoms with Crippen molar-refractivity contribution in [3.8, 4) is 0 Å². The minimum absolute atomic E-state index is 0.0111. The maximum Gasteiger partial charge on any atom is 0.408 e. The maximum atomic E-state index is 13.6. The van der Waals surface area contributed by atoms with Crippen LogP contribution in [0.1, 0.15) is 85.0 Å². The molecule has 0 spiro atoms. The highest BCUT2D eigenvalue weighted by Gasteiger charge is 2.52. The first kappa shape index (κ1) is 29.1. The zero-order valence-electron chi connectivity index (χ0n) is 23.7. The number of likely N-dealkylation sites (tertiary alicyclic amines) is 1. The first-order valence-corrected chi connectivity index (χ1v) is 14.3. The molecular formula is C28H44N4O7. The minimum atomic E-state index is -0.915. The number of carbonyl (C=O) groups is 5. The Kier molecular flexibility index (Phi) is 8.75. The van der Waals surface area contributed by atoms with Crippen LogP contribution in [-0.2, 0) is 28.7 Å². The lowest BCUT2D eigenvalue weighted by Crippen LogP contribution is -2.63. The largest absolute Gasteiger partial charge is 0.469 e. The van der Waals surface area contributed by atoms with Gasteiger partial charge in [0.1, 0.15) is 24.2 Å². The minimum Gasteiger partial charge on any atom is -0.469 e. The van der Waals surface area contributed by atoms with Gasteiger partial charge in [0.2, 0.25) is 17.7 Å². The van der Waals surface area contributed by atoms with Gasteiger partial charge in [-0.25, -0.2) is 4.79 Å². The van der Waals surface area contributed by atoms with Crippen molar-refractivity contribution < 1.29 is 33.4 Å². The number of ether oxygens (including phenoxy) is 2. The van der Waals surface area contributed by atoms with Gasteiger partial charge >= 0.3 is 12.1 Å². The molecule has 4 aliphatic carbocycles. The van der Waals surface area contributed by atoms with Crippen LogP contribution in [0, 0.1) is 17.8 Å². The lowest BCUT2D eigenvalue weighted by molar-refractivity contribution is -0.142. The molecule has 0 unspecified atom stereocenters. The summed E-state index contributed by atoms with van der Waals surface area (Å²) in [5, 5.41) is 8.58. The van der Waals surface area contributed by atoms with E-state index in [2.05, 4.69) is 16.0 Å². The van der Waals surface area contributed by atoms with Crippen molar-refractivity contribution in [1.82, 2.24) is 20.9 Å². The molecule has 0 aromatic carbocycles. The van der Waals surface area contributed by atoms with E-state index < -0.39 is 41.6 Å². The Morgan fingerprint density at radius 3 is 2.18 bits per heavy atom. The van der Waals surface area contributed by atoms with E-state index in [4.69, 9.17) is 9.47 Å². The van der Waals surface area contributed by atoms with E-state index in [1.54, 1.807) is 20.8 Å². The number of hydrogen-bond acceptors (Lipinski definition) is 7. The van der Waals surface area contributed by atoms with Crippen molar-refractivity contribution in [2.45, 2.75) is 108 Å². The summed E-state index contributed by atoms with van der Waals surface area (Å²) in [7, 11) is 1.29. The average molecular weight is 549 g/mol. The second-order valence-electron chi connectivity index (χ2n) is 13.0. The molecule has 11 nitrogen and oxygen atoms in total. The van der Waals surface area contributed by atoms with Crippen LogP contribution in [0.3, 0.4) is 0 Å². The molecule has 4 amide bonds. The van der Waals surface area contributed by atoms with Gasteiger partial charge in [0.05, 0.1) is 7.11 Å². The molecule has 5 rings (SSSR count). The van der Waals surface area contributed by atoms with Crippen molar-refractivity contribution in [2.75, 3.05) is 20.2 Å². The van der Waals surface area contributed by atoms with Gasteiger partial charge < -0.3 is 30.3 Å². The van der Waals surface area contributed by atoms with Crippen molar-refractivity contribution in [1.29, 1.82) is 0 Å². The average Bonchev–Trinajstić information content (AvgIpc) is 3.32. The number of nitrogens with one attached hydrogen (secondary N) is 3. The molecule has 0 aromatic heterocycles. The Morgan fingerprint density at radius 1 is 1.00 bits per heavy atom. The topological polar surface area (TPSA) is 143 Å². The summed E-state index contributed by atoms with van der Waals surface area (Å²) in [6.07, 6.45) is 7.10. The van der Waals surface area contributed by atoms with Gasteiger partial charge in [0.25, 0.3) is 0 Å². The number of alkyl carbamates (subject to hydrolysis) is 1. The molecule has 39 heavy (non-hydrogen) atoms. The zero-order chi connectivity index (χ0) is 28.4. The summed E-state index contributed by atoms with van der Waals surface area (Å²) >= 11 is 0. The third kappa shape index (κ3) is 7.42. The van der Waals surface area contributed by atoms with E-state index in [-0.39, 0.29) is 30.8 Å². The van der Waals surface area contributed by atoms with Crippen molar-refractivity contribution in [3.05, 3.63) is 0 Å². The van der Waals surface area contributed by atoms with Crippen LogP contribution < -0.4 is 16.0 Å². The molecule has 11 heteroatoms. The van der Waals surface area contributed by atoms with Crippen molar-refractivity contribution in [2.24, 2.45) is 17.8 Å². The molecule has 5 aliphatic rings. The Bertz CT molecular complexity index is 940. The van der Waals surface area contributed by atoms with Gasteiger partial charge in [-0.15, -0.1) is 0 Å². The number of carbonyl (C=O) groups excluding carboxylic acids is 5. The van der Waals surface area contributed by atoms with Crippen LogP contribution in [0.25, 0.3) is 0 Å². The Balaban J connectivity index is 1.37. The van der Waals surface area contributed by atoms with Crippen LogP contribution in [0.5, 0.6) is 0 Å². The number of hydrogen-bond donors (Lipinski definition) is 3. The highest BCUT2D eigenvalue weighted by atomic mass is 16.6. The van der Waals surface area contributed by atoms with Crippen LogP contribution in [0.15, 0.2) is 0 Å². The number of esters is 1. The van der Waals surface area contributed by atoms with E-state index in [1.165, 1.54) is 31.3 Å². The fourth-order valence-corrected chi connectivity index (χ4v) is 7.41. The van der Waals surface area contributed by atoms with E-state index in [1.807, 2.05) is 0 Å². The fraction of sp³-hybridized carbons (Fsp3) is 0.821. The molecule has 5 fully saturated rings. The van der Waals surface area contributed by atoms with Crippen LogP contribution in [0.4, 0.5) is 4.79 Å². The molecular weight excluding hydrogens is 504 g/mol. The summed E-state index contributed by atoms with van der Waals surface area (Å²) < 4.78 is 9.94. The molecule has 0 aromatic rings. The summed E-state index contributed by atoms with van der Waals surface area (Å²) in [5.74, 6) is 0.363. The summed E-state index contributed by atoms with van der Waals surface area (Å²) in [5.41, 5.74) is -0.929. The van der Waals surface area contributed by atoms with Crippen molar-refractivity contribution in [3.63, 3.8) is 0 Å². The molecule has 4 saturated carbocycles. The van der Waals surface area contributed by atoms with Gasteiger partial charge in [0, 0.05) is 18.5 Å².